The van der Waals surface area contributed by atoms with Gasteiger partial charge in [0.2, 0.25) is 5.91 Å². The normalized spacial score (nSPS) is 22.9. The fourth-order valence-corrected chi connectivity index (χ4v) is 5.70. The third-order valence-corrected chi connectivity index (χ3v) is 9.38. The minimum atomic E-state index is -5.14. The van der Waals surface area contributed by atoms with Crippen molar-refractivity contribution in [1.82, 2.24) is 15.5 Å². The van der Waals surface area contributed by atoms with Gasteiger partial charge in [-0.15, -0.1) is 5.92 Å². The SMILES string of the molecule is CCOC(=O)[C@@]1(NC(=O)[C@H]2C[C@@H](O)CN2C(=O)OC(C)(C)C)C[C@H]1C#CCCCCC[C@@H](NC(=O)C(F)(F)F)C(=O)OCC[Si](C)(C)C. The Labute approximate surface area is 281 Å². The van der Waals surface area contributed by atoms with Crippen LogP contribution in [0.1, 0.15) is 72.6 Å². The molecule has 1 aliphatic carbocycles. The number of unbranched alkanes of at least 4 members (excludes halogenated alkanes) is 3. The Morgan fingerprint density at radius 1 is 1.06 bits per heavy atom. The number of aliphatic hydroxyl groups is 1. The molecule has 3 amide bonds. The highest BCUT2D eigenvalue weighted by Gasteiger charge is 2.63. The summed E-state index contributed by atoms with van der Waals surface area (Å²) >= 11 is 0. The van der Waals surface area contributed by atoms with Crippen LogP contribution in [0.3, 0.4) is 0 Å². The maximum absolute atomic E-state index is 13.3. The maximum atomic E-state index is 13.3. The first-order chi connectivity index (χ1) is 22.1. The van der Waals surface area contributed by atoms with Gasteiger partial charge in [-0.05, 0) is 53.0 Å². The second-order valence-electron chi connectivity index (χ2n) is 14.4. The third-order valence-electron chi connectivity index (χ3n) is 7.67. The Morgan fingerprint density at radius 2 is 1.73 bits per heavy atom. The monoisotopic (exact) mass is 705 g/mol. The standard InChI is InChI=1S/C32H50F3N3O9Si/c1-8-45-28(43)31(37-25(40)24-18-22(39)20-38(24)29(44)47-30(2,3)4)19-21(31)14-12-10-9-11-13-15-23(36-27(42)32(33,34)35)26(41)46-16-17-48(5,6)7/h21-24,39H,8-11,13,15-20H2,1-7H3,(H,36,42)(H,37,40)/t21-,22-,23-,24-,31-/m1/s1. The van der Waals surface area contributed by atoms with Gasteiger partial charge in [0.15, 0.2) is 5.54 Å². The Kier molecular flexibility index (Phi) is 14.4. The van der Waals surface area contributed by atoms with Crippen molar-refractivity contribution in [2.75, 3.05) is 19.8 Å². The second-order valence-corrected chi connectivity index (χ2v) is 20.0. The van der Waals surface area contributed by atoms with Crippen LogP contribution >= 0.6 is 0 Å². The Bertz CT molecular complexity index is 1240. The zero-order valence-electron chi connectivity index (χ0n) is 28.9. The number of hydrogen-bond acceptors (Lipinski definition) is 9. The molecule has 2 aliphatic rings. The van der Waals surface area contributed by atoms with E-state index in [1.165, 1.54) is 0 Å². The van der Waals surface area contributed by atoms with E-state index in [1.807, 2.05) is 0 Å². The van der Waals surface area contributed by atoms with Gasteiger partial charge in [-0.1, -0.05) is 38.4 Å². The van der Waals surface area contributed by atoms with E-state index in [4.69, 9.17) is 14.2 Å². The van der Waals surface area contributed by atoms with Crippen molar-refractivity contribution in [2.24, 2.45) is 5.92 Å². The van der Waals surface area contributed by atoms with Gasteiger partial charge in [-0.3, -0.25) is 14.5 Å². The molecule has 12 nitrogen and oxygen atoms in total. The van der Waals surface area contributed by atoms with Gasteiger partial charge >= 0.3 is 30.1 Å². The summed E-state index contributed by atoms with van der Waals surface area (Å²) in [7, 11) is -1.55. The molecular weight excluding hydrogens is 655 g/mol. The largest absolute Gasteiger partial charge is 0.471 e. The number of aliphatic hydroxyl groups excluding tert-OH is 1. The molecule has 0 aromatic heterocycles. The van der Waals surface area contributed by atoms with Crippen molar-refractivity contribution in [3.8, 4) is 11.8 Å². The third kappa shape index (κ3) is 12.9. The number of rotatable bonds is 14. The zero-order valence-corrected chi connectivity index (χ0v) is 29.9. The van der Waals surface area contributed by atoms with E-state index in [-0.39, 0.29) is 39.0 Å². The molecule has 3 N–H and O–H groups in total. The molecule has 1 heterocycles. The van der Waals surface area contributed by atoms with E-state index in [2.05, 4.69) is 36.8 Å². The maximum Gasteiger partial charge on any atom is 0.471 e. The summed E-state index contributed by atoms with van der Waals surface area (Å²) in [5.74, 6) is 0.975. The molecule has 2 rings (SSSR count). The molecule has 0 radical (unpaired) electrons. The van der Waals surface area contributed by atoms with Crippen LogP contribution in [0.25, 0.3) is 0 Å². The number of nitrogens with one attached hydrogen (secondary N) is 2. The van der Waals surface area contributed by atoms with E-state index in [0.717, 1.165) is 4.90 Å². The summed E-state index contributed by atoms with van der Waals surface area (Å²) in [5.41, 5.74) is -2.23. The molecule has 0 aromatic carbocycles. The van der Waals surface area contributed by atoms with Crippen LogP contribution in [-0.4, -0.2) is 103 Å². The molecule has 0 bridgehead atoms. The first kappa shape index (κ1) is 40.9. The zero-order chi connectivity index (χ0) is 36.5. The highest BCUT2D eigenvalue weighted by Crippen LogP contribution is 2.44. The van der Waals surface area contributed by atoms with Crippen LogP contribution in [-0.2, 0) is 33.4 Å². The summed E-state index contributed by atoms with van der Waals surface area (Å²) in [5, 5.41) is 14.6. The number of nitrogens with zero attached hydrogens (tertiary/aromatic N) is 1. The Hall–Kier alpha value is -3.32. The minimum Gasteiger partial charge on any atom is -0.464 e. The van der Waals surface area contributed by atoms with Crippen molar-refractivity contribution in [3.63, 3.8) is 0 Å². The minimum absolute atomic E-state index is 0.0305. The van der Waals surface area contributed by atoms with E-state index in [9.17, 15) is 42.3 Å². The van der Waals surface area contributed by atoms with Crippen molar-refractivity contribution in [1.29, 1.82) is 0 Å². The average Bonchev–Trinajstić information content (AvgIpc) is 3.48. The fraction of sp³-hybridized carbons (Fsp3) is 0.781. The van der Waals surface area contributed by atoms with Crippen molar-refractivity contribution >= 4 is 37.9 Å². The van der Waals surface area contributed by atoms with Gasteiger partial charge in [0, 0.05) is 20.9 Å². The lowest BCUT2D eigenvalue weighted by atomic mass is 10.1. The van der Waals surface area contributed by atoms with Crippen LogP contribution in [0, 0.1) is 17.8 Å². The number of carbonyl (C=O) groups excluding carboxylic acids is 5. The van der Waals surface area contributed by atoms with Gasteiger partial charge < -0.3 is 30.0 Å². The molecule has 5 atom stereocenters. The predicted molar refractivity (Wildman–Crippen MR) is 171 cm³/mol. The lowest BCUT2D eigenvalue weighted by molar-refractivity contribution is -0.176. The summed E-state index contributed by atoms with van der Waals surface area (Å²) in [6.07, 6.45) is -5.03. The lowest BCUT2D eigenvalue weighted by Gasteiger charge is -2.28. The number of hydrogen-bond donors (Lipinski definition) is 3. The van der Waals surface area contributed by atoms with Gasteiger partial charge in [0.05, 0.1) is 31.8 Å². The Balaban J connectivity index is 1.95. The highest BCUT2D eigenvalue weighted by atomic mass is 28.3. The van der Waals surface area contributed by atoms with Crippen LogP contribution in [0.15, 0.2) is 0 Å². The average molecular weight is 706 g/mol. The lowest BCUT2D eigenvalue weighted by Crippen LogP contribution is -2.54. The number of ether oxygens (including phenoxy) is 3. The van der Waals surface area contributed by atoms with E-state index < -0.39 is 79.3 Å². The molecular formula is C32H50F3N3O9Si. The molecule has 48 heavy (non-hydrogen) atoms. The number of likely N-dealkylation sites (tertiary alicyclic amines) is 1. The number of carbonyl (C=O) groups is 5. The second kappa shape index (κ2) is 16.9. The number of β-amino-alcohol motifs (C(OH)–C–C–N with tert-alkyl or cyclic N) is 1. The van der Waals surface area contributed by atoms with Crippen molar-refractivity contribution in [3.05, 3.63) is 0 Å². The Morgan fingerprint density at radius 3 is 2.31 bits per heavy atom. The van der Waals surface area contributed by atoms with Gasteiger partial charge in [0.25, 0.3) is 0 Å². The predicted octanol–water partition coefficient (Wildman–Crippen LogP) is 3.68. The summed E-state index contributed by atoms with van der Waals surface area (Å²) in [4.78, 5) is 64.0. The summed E-state index contributed by atoms with van der Waals surface area (Å²) in [6, 6.07) is -1.86. The molecule has 2 fully saturated rings. The van der Waals surface area contributed by atoms with Crippen LogP contribution in [0.4, 0.5) is 18.0 Å². The molecule has 0 spiro atoms. The van der Waals surface area contributed by atoms with E-state index in [0.29, 0.717) is 31.7 Å². The molecule has 0 unspecified atom stereocenters. The number of halogens is 3. The first-order valence-corrected chi connectivity index (χ1v) is 20.0. The van der Waals surface area contributed by atoms with Crippen molar-refractivity contribution in [2.45, 2.75) is 134 Å². The fourth-order valence-electron chi connectivity index (χ4n) is 4.98. The van der Waals surface area contributed by atoms with E-state index in [1.54, 1.807) is 33.0 Å². The quantitative estimate of drug-likeness (QED) is 0.0806. The number of esters is 2. The van der Waals surface area contributed by atoms with Gasteiger partial charge in [-0.2, -0.15) is 13.2 Å². The topological polar surface area (TPSA) is 161 Å². The van der Waals surface area contributed by atoms with Gasteiger partial charge in [-0.25, -0.2) is 14.4 Å². The summed E-state index contributed by atoms with van der Waals surface area (Å²) in [6.45, 7) is 12.9. The number of alkyl halides is 3. The van der Waals surface area contributed by atoms with Crippen LogP contribution in [0.2, 0.25) is 25.7 Å². The molecule has 1 saturated carbocycles. The summed E-state index contributed by atoms with van der Waals surface area (Å²) < 4.78 is 54.3. The van der Waals surface area contributed by atoms with Crippen molar-refractivity contribution < 1.29 is 56.5 Å². The van der Waals surface area contributed by atoms with Crippen LogP contribution < -0.4 is 10.6 Å². The number of amides is 3. The highest BCUT2D eigenvalue weighted by molar-refractivity contribution is 6.76. The first-order valence-electron chi connectivity index (χ1n) is 16.3. The van der Waals surface area contributed by atoms with Crippen LogP contribution in [0.5, 0.6) is 0 Å². The van der Waals surface area contributed by atoms with E-state index >= 15 is 0 Å². The molecule has 0 aromatic rings. The molecule has 1 saturated heterocycles. The molecule has 1 aliphatic heterocycles. The van der Waals surface area contributed by atoms with Gasteiger partial charge in [0.1, 0.15) is 17.7 Å². The molecule has 16 heteroatoms. The molecule has 272 valence electrons. The smallest absolute Gasteiger partial charge is 0.464 e.